The fraction of sp³-hybridized carbons (Fsp3) is 0.333. The van der Waals surface area contributed by atoms with Gasteiger partial charge in [0.2, 0.25) is 0 Å². The Labute approximate surface area is 102 Å². The average molecular weight is 281 g/mol. The highest BCUT2D eigenvalue weighted by Gasteiger charge is 2.09. The summed E-state index contributed by atoms with van der Waals surface area (Å²) < 4.78 is 1.63. The van der Waals surface area contributed by atoms with Gasteiger partial charge in [-0.2, -0.15) is 0 Å². The lowest BCUT2D eigenvalue weighted by molar-refractivity contribution is 0.937. The van der Waals surface area contributed by atoms with Crippen molar-refractivity contribution < 1.29 is 0 Å². The van der Waals surface area contributed by atoms with Gasteiger partial charge in [-0.1, -0.05) is 22.0 Å². The highest BCUT2D eigenvalue weighted by molar-refractivity contribution is 9.09. The summed E-state index contributed by atoms with van der Waals surface area (Å²) in [4.78, 5) is 16.7. The van der Waals surface area contributed by atoms with Gasteiger partial charge >= 0.3 is 0 Å². The van der Waals surface area contributed by atoms with E-state index < -0.39 is 0 Å². The molecule has 0 unspecified atom stereocenters. The summed E-state index contributed by atoms with van der Waals surface area (Å²) in [7, 11) is 0. The fourth-order valence-electron chi connectivity index (χ4n) is 1.82. The van der Waals surface area contributed by atoms with Crippen molar-refractivity contribution >= 4 is 21.6 Å². The highest BCUT2D eigenvalue weighted by atomic mass is 79.9. The Balaban J connectivity index is 2.84. The van der Waals surface area contributed by atoms with E-state index in [2.05, 4.69) is 20.9 Å². The van der Waals surface area contributed by atoms with Gasteiger partial charge in [-0.25, -0.2) is 4.98 Å². The molecule has 0 saturated carbocycles. The lowest BCUT2D eigenvalue weighted by Crippen LogP contribution is -2.22. The Morgan fingerprint density at radius 1 is 1.44 bits per heavy atom. The first-order valence-electron chi connectivity index (χ1n) is 5.18. The van der Waals surface area contributed by atoms with Crippen LogP contribution in [0.4, 0.5) is 0 Å². The third-order valence-electron chi connectivity index (χ3n) is 2.69. The molecule has 0 atom stereocenters. The predicted molar refractivity (Wildman–Crippen MR) is 68.4 cm³/mol. The van der Waals surface area contributed by atoms with E-state index in [0.29, 0.717) is 6.42 Å². The molecule has 16 heavy (non-hydrogen) atoms. The number of alkyl halides is 1. The van der Waals surface area contributed by atoms with E-state index in [1.807, 2.05) is 26.0 Å². The molecule has 84 valence electrons. The molecule has 0 amide bonds. The van der Waals surface area contributed by atoms with E-state index in [4.69, 9.17) is 0 Å². The van der Waals surface area contributed by atoms with Crippen LogP contribution in [0, 0.1) is 13.8 Å². The molecule has 0 spiro atoms. The van der Waals surface area contributed by atoms with Crippen molar-refractivity contribution in [2.24, 2.45) is 0 Å². The molecule has 0 N–H and O–H groups in total. The number of hydrogen-bond acceptors (Lipinski definition) is 2. The molecule has 0 fully saturated rings. The van der Waals surface area contributed by atoms with Crippen LogP contribution < -0.4 is 5.56 Å². The second-order valence-electron chi connectivity index (χ2n) is 3.80. The van der Waals surface area contributed by atoms with Crippen molar-refractivity contribution in [3.63, 3.8) is 0 Å². The number of hydrogen-bond donors (Lipinski definition) is 0. The number of nitrogens with zero attached hydrogens (tertiary/aromatic N) is 2. The van der Waals surface area contributed by atoms with Gasteiger partial charge < -0.3 is 0 Å². The molecule has 0 aliphatic carbocycles. The Kier molecular flexibility index (Phi) is 3.10. The molecule has 2 heterocycles. The smallest absolute Gasteiger partial charge is 0.261 e. The first-order valence-corrected chi connectivity index (χ1v) is 6.30. The Morgan fingerprint density at radius 3 is 2.88 bits per heavy atom. The predicted octanol–water partition coefficient (Wildman–Crippen LogP) is 2.25. The maximum absolute atomic E-state index is 12.2. The van der Waals surface area contributed by atoms with Crippen LogP contribution in [0.5, 0.6) is 0 Å². The molecule has 3 nitrogen and oxygen atoms in total. The molecule has 0 aliphatic heterocycles. The zero-order valence-electron chi connectivity index (χ0n) is 9.33. The summed E-state index contributed by atoms with van der Waals surface area (Å²) in [6.07, 6.45) is 2.49. The van der Waals surface area contributed by atoms with Crippen molar-refractivity contribution in [2.45, 2.75) is 20.3 Å². The Morgan fingerprint density at radius 2 is 2.19 bits per heavy atom. The third kappa shape index (κ3) is 1.78. The molecule has 2 aromatic heterocycles. The van der Waals surface area contributed by atoms with Gasteiger partial charge in [0.05, 0.1) is 0 Å². The minimum Gasteiger partial charge on any atom is -0.269 e. The van der Waals surface area contributed by atoms with E-state index in [-0.39, 0.29) is 5.56 Å². The van der Waals surface area contributed by atoms with Gasteiger partial charge in [-0.15, -0.1) is 0 Å². The van der Waals surface area contributed by atoms with E-state index in [9.17, 15) is 4.79 Å². The van der Waals surface area contributed by atoms with Crippen molar-refractivity contribution in [1.82, 2.24) is 9.38 Å². The molecule has 4 heteroatoms. The Bertz CT molecular complexity index is 589. The summed E-state index contributed by atoms with van der Waals surface area (Å²) in [5.41, 5.74) is 3.45. The van der Waals surface area contributed by atoms with Crippen molar-refractivity contribution in [3.05, 3.63) is 45.5 Å². The van der Waals surface area contributed by atoms with Crippen LogP contribution in [-0.2, 0) is 6.42 Å². The molecular formula is C12H13BrN2O. The number of rotatable bonds is 2. The van der Waals surface area contributed by atoms with Crippen LogP contribution in [0.25, 0.3) is 5.65 Å². The normalized spacial score (nSPS) is 10.9. The lowest BCUT2D eigenvalue weighted by Gasteiger charge is -2.08. The van der Waals surface area contributed by atoms with Crippen LogP contribution in [0.2, 0.25) is 0 Å². The van der Waals surface area contributed by atoms with E-state index in [1.165, 1.54) is 0 Å². The van der Waals surface area contributed by atoms with E-state index in [0.717, 1.165) is 27.8 Å². The maximum atomic E-state index is 12.2. The van der Waals surface area contributed by atoms with Gasteiger partial charge in [-0.05, 0) is 31.9 Å². The van der Waals surface area contributed by atoms with Gasteiger partial charge in [0.25, 0.3) is 5.56 Å². The van der Waals surface area contributed by atoms with E-state index >= 15 is 0 Å². The number of pyridine rings is 1. The first-order chi connectivity index (χ1) is 7.65. The molecule has 0 aliphatic rings. The number of fused-ring (bicyclic) bond motifs is 1. The van der Waals surface area contributed by atoms with Crippen molar-refractivity contribution in [1.29, 1.82) is 0 Å². The maximum Gasteiger partial charge on any atom is 0.261 e. The zero-order chi connectivity index (χ0) is 11.7. The molecule has 2 rings (SSSR count). The summed E-state index contributed by atoms with van der Waals surface area (Å²) >= 11 is 3.36. The fourth-order valence-corrected chi connectivity index (χ4v) is 2.22. The summed E-state index contributed by atoms with van der Waals surface area (Å²) in [6, 6.07) is 3.84. The highest BCUT2D eigenvalue weighted by Crippen LogP contribution is 2.09. The SMILES string of the molecule is Cc1nc2c(C)cccn2c(=O)c1CCBr. The number of aryl methyl sites for hydroxylation is 2. The lowest BCUT2D eigenvalue weighted by atomic mass is 10.2. The number of halogens is 1. The van der Waals surface area contributed by atoms with Crippen LogP contribution in [0.15, 0.2) is 23.1 Å². The monoisotopic (exact) mass is 280 g/mol. The molecule has 0 saturated heterocycles. The zero-order valence-corrected chi connectivity index (χ0v) is 10.9. The largest absolute Gasteiger partial charge is 0.269 e. The molecule has 0 bridgehead atoms. The molecule has 0 aromatic carbocycles. The van der Waals surface area contributed by atoms with Crippen LogP contribution in [-0.4, -0.2) is 14.7 Å². The molecule has 2 aromatic rings. The minimum atomic E-state index is 0.0469. The van der Waals surface area contributed by atoms with Gasteiger partial charge in [0.15, 0.2) is 0 Å². The van der Waals surface area contributed by atoms with Gasteiger partial charge in [0, 0.05) is 22.8 Å². The van der Waals surface area contributed by atoms with Crippen molar-refractivity contribution in [3.8, 4) is 0 Å². The van der Waals surface area contributed by atoms with Gasteiger partial charge in [-0.3, -0.25) is 9.20 Å². The summed E-state index contributed by atoms with van der Waals surface area (Å²) in [6.45, 7) is 3.86. The van der Waals surface area contributed by atoms with Gasteiger partial charge in [0.1, 0.15) is 5.65 Å². The second kappa shape index (κ2) is 4.37. The topological polar surface area (TPSA) is 34.4 Å². The molecule has 0 radical (unpaired) electrons. The van der Waals surface area contributed by atoms with E-state index in [1.54, 1.807) is 10.6 Å². The average Bonchev–Trinajstić information content (AvgIpc) is 2.26. The second-order valence-corrected chi connectivity index (χ2v) is 4.60. The van der Waals surface area contributed by atoms with Crippen LogP contribution >= 0.6 is 15.9 Å². The first kappa shape index (κ1) is 11.3. The summed E-state index contributed by atoms with van der Waals surface area (Å²) in [5, 5.41) is 0.780. The Hall–Kier alpha value is -1.16. The number of aromatic nitrogens is 2. The minimum absolute atomic E-state index is 0.0469. The third-order valence-corrected chi connectivity index (χ3v) is 3.09. The van der Waals surface area contributed by atoms with Crippen molar-refractivity contribution in [2.75, 3.05) is 5.33 Å². The standard InChI is InChI=1S/C12H13BrN2O/c1-8-4-3-7-15-11(8)14-9(2)10(5-6-13)12(15)16/h3-4,7H,5-6H2,1-2H3. The summed E-state index contributed by atoms with van der Waals surface area (Å²) in [5.74, 6) is 0. The quantitative estimate of drug-likeness (QED) is 0.791. The van der Waals surface area contributed by atoms with Crippen LogP contribution in [0.3, 0.4) is 0 Å². The van der Waals surface area contributed by atoms with Crippen LogP contribution in [0.1, 0.15) is 16.8 Å². The molecular weight excluding hydrogens is 268 g/mol.